The van der Waals surface area contributed by atoms with Crippen LogP contribution in [0.4, 0.5) is 11.4 Å². The molecule has 0 spiro atoms. The molecule has 0 aliphatic heterocycles. The first-order valence-corrected chi connectivity index (χ1v) is 8.54. The highest BCUT2D eigenvalue weighted by molar-refractivity contribution is 6.04. The molecule has 5 heteroatoms. The van der Waals surface area contributed by atoms with Crippen LogP contribution in [0.25, 0.3) is 0 Å². The third-order valence-corrected chi connectivity index (χ3v) is 4.60. The fraction of sp³-hybridized carbons (Fsp3) is 0.238. The van der Waals surface area contributed by atoms with Gasteiger partial charge in [0.15, 0.2) is 5.78 Å². The smallest absolute Gasteiger partial charge is 0.255 e. The number of benzene rings is 2. The van der Waals surface area contributed by atoms with Gasteiger partial charge in [0.05, 0.1) is 7.11 Å². The second-order valence-corrected chi connectivity index (χ2v) is 6.36. The molecule has 0 saturated carbocycles. The van der Waals surface area contributed by atoms with Gasteiger partial charge in [-0.1, -0.05) is 0 Å². The Morgan fingerprint density at radius 1 is 1.04 bits per heavy atom. The Hall–Kier alpha value is -3.08. The molecular weight excluding hydrogens is 328 g/mol. The second kappa shape index (κ2) is 7.44. The molecule has 5 nitrogen and oxygen atoms in total. The summed E-state index contributed by atoms with van der Waals surface area (Å²) in [5.74, 6) is 0.765. The van der Waals surface area contributed by atoms with Crippen LogP contribution in [0.15, 0.2) is 53.7 Å². The minimum absolute atomic E-state index is 0.170. The van der Waals surface area contributed by atoms with Crippen molar-refractivity contribution in [2.24, 2.45) is 0 Å². The highest BCUT2D eigenvalue weighted by atomic mass is 16.5. The molecule has 0 saturated heterocycles. The van der Waals surface area contributed by atoms with E-state index in [2.05, 4.69) is 10.6 Å². The molecule has 0 bridgehead atoms. The Balaban J connectivity index is 1.72. The van der Waals surface area contributed by atoms with Crippen molar-refractivity contribution in [3.8, 4) is 5.75 Å². The van der Waals surface area contributed by atoms with Crippen molar-refractivity contribution in [1.29, 1.82) is 0 Å². The summed E-state index contributed by atoms with van der Waals surface area (Å²) < 4.78 is 5.11. The van der Waals surface area contributed by atoms with E-state index in [9.17, 15) is 9.59 Å². The Morgan fingerprint density at radius 3 is 2.35 bits per heavy atom. The second-order valence-electron chi connectivity index (χ2n) is 6.36. The van der Waals surface area contributed by atoms with Crippen molar-refractivity contribution in [3.63, 3.8) is 0 Å². The summed E-state index contributed by atoms with van der Waals surface area (Å²) in [7, 11) is 1.60. The van der Waals surface area contributed by atoms with E-state index < -0.39 is 0 Å². The number of amides is 1. The Bertz CT molecular complexity index is 883. The maximum absolute atomic E-state index is 12.5. The zero-order valence-corrected chi connectivity index (χ0v) is 15.2. The van der Waals surface area contributed by atoms with Gasteiger partial charge in [0.2, 0.25) is 0 Å². The molecule has 0 atom stereocenters. The highest BCUT2D eigenvalue weighted by Crippen LogP contribution is 2.26. The number of hydrogen-bond donors (Lipinski definition) is 2. The number of Topliss-reactive ketones (excluding diaryl/α,β-unsaturated/α-hetero) is 1. The quantitative estimate of drug-likeness (QED) is 0.843. The maximum Gasteiger partial charge on any atom is 0.255 e. The first kappa shape index (κ1) is 17.7. The molecule has 1 amide bonds. The molecule has 0 fully saturated rings. The summed E-state index contributed by atoms with van der Waals surface area (Å²) in [5.41, 5.74) is 4.92. The van der Waals surface area contributed by atoms with Gasteiger partial charge in [0.1, 0.15) is 5.75 Å². The van der Waals surface area contributed by atoms with E-state index in [4.69, 9.17) is 4.74 Å². The highest BCUT2D eigenvalue weighted by Gasteiger charge is 2.19. The number of rotatable bonds is 5. The SMILES string of the molecule is COc1ccc(NC(=O)c2ccc(NC3=C(C)C(=O)CC3)c(C)c2)cc1. The van der Waals surface area contributed by atoms with Gasteiger partial charge in [-0.2, -0.15) is 0 Å². The largest absolute Gasteiger partial charge is 0.497 e. The minimum Gasteiger partial charge on any atom is -0.497 e. The standard InChI is InChI=1S/C21H22N2O3/c1-13-12-15(21(25)22-16-5-7-17(26-3)8-6-16)4-9-18(13)23-19-10-11-20(24)14(19)2/h4-9,12,23H,10-11H2,1-3H3,(H,22,25). The van der Waals surface area contributed by atoms with Crippen molar-refractivity contribution in [3.05, 3.63) is 64.9 Å². The van der Waals surface area contributed by atoms with E-state index in [1.807, 2.05) is 26.0 Å². The van der Waals surface area contributed by atoms with Crippen molar-refractivity contribution >= 4 is 23.1 Å². The van der Waals surface area contributed by atoms with E-state index in [-0.39, 0.29) is 11.7 Å². The number of aryl methyl sites for hydroxylation is 1. The van der Waals surface area contributed by atoms with E-state index in [1.54, 1.807) is 37.4 Å². The lowest BCUT2D eigenvalue weighted by Gasteiger charge is -2.13. The molecule has 0 unspecified atom stereocenters. The third-order valence-electron chi connectivity index (χ3n) is 4.60. The van der Waals surface area contributed by atoms with Gasteiger partial charge in [-0.05, 0) is 68.3 Å². The lowest BCUT2D eigenvalue weighted by Crippen LogP contribution is -2.12. The van der Waals surface area contributed by atoms with Gasteiger partial charge in [-0.25, -0.2) is 0 Å². The van der Waals surface area contributed by atoms with Crippen molar-refractivity contribution in [1.82, 2.24) is 0 Å². The monoisotopic (exact) mass is 350 g/mol. The van der Waals surface area contributed by atoms with Gasteiger partial charge in [-0.15, -0.1) is 0 Å². The van der Waals surface area contributed by atoms with Crippen LogP contribution in [0.5, 0.6) is 5.75 Å². The summed E-state index contributed by atoms with van der Waals surface area (Å²) in [6.07, 6.45) is 1.30. The number of nitrogens with one attached hydrogen (secondary N) is 2. The molecule has 2 N–H and O–H groups in total. The summed E-state index contributed by atoms with van der Waals surface area (Å²) >= 11 is 0. The number of allylic oxidation sites excluding steroid dienone is 2. The molecule has 0 radical (unpaired) electrons. The zero-order chi connectivity index (χ0) is 18.7. The van der Waals surface area contributed by atoms with E-state index in [0.717, 1.165) is 34.7 Å². The van der Waals surface area contributed by atoms with Crippen LogP contribution in [0.2, 0.25) is 0 Å². The Kier molecular flexibility index (Phi) is 5.07. The topological polar surface area (TPSA) is 67.4 Å². The number of carbonyl (C=O) groups is 2. The zero-order valence-electron chi connectivity index (χ0n) is 15.2. The average Bonchev–Trinajstić information content (AvgIpc) is 2.96. The fourth-order valence-electron chi connectivity index (χ4n) is 2.92. The number of carbonyl (C=O) groups excluding carboxylic acids is 2. The first-order valence-electron chi connectivity index (χ1n) is 8.54. The Morgan fingerprint density at radius 2 is 1.77 bits per heavy atom. The summed E-state index contributed by atoms with van der Waals surface area (Å²) in [4.78, 5) is 24.1. The van der Waals surface area contributed by atoms with Crippen LogP contribution in [0, 0.1) is 6.92 Å². The van der Waals surface area contributed by atoms with Crippen LogP contribution in [0.3, 0.4) is 0 Å². The molecule has 2 aromatic carbocycles. The predicted molar refractivity (Wildman–Crippen MR) is 103 cm³/mol. The van der Waals surface area contributed by atoms with Crippen LogP contribution < -0.4 is 15.4 Å². The predicted octanol–water partition coefficient (Wildman–Crippen LogP) is 4.30. The minimum atomic E-state index is -0.170. The third kappa shape index (κ3) is 3.77. The molecule has 2 aromatic rings. The van der Waals surface area contributed by atoms with Gasteiger partial charge in [-0.3, -0.25) is 9.59 Å². The van der Waals surface area contributed by atoms with Crippen LogP contribution in [0.1, 0.15) is 35.7 Å². The number of anilines is 2. The van der Waals surface area contributed by atoms with Crippen LogP contribution in [-0.4, -0.2) is 18.8 Å². The van der Waals surface area contributed by atoms with Crippen LogP contribution >= 0.6 is 0 Å². The lowest BCUT2D eigenvalue weighted by molar-refractivity contribution is -0.114. The van der Waals surface area contributed by atoms with Gasteiger partial charge >= 0.3 is 0 Å². The van der Waals surface area contributed by atoms with Gasteiger partial charge < -0.3 is 15.4 Å². The van der Waals surface area contributed by atoms with Gasteiger partial charge in [0.25, 0.3) is 5.91 Å². The van der Waals surface area contributed by atoms with Crippen LogP contribution in [-0.2, 0) is 4.79 Å². The first-order chi connectivity index (χ1) is 12.5. The molecule has 0 heterocycles. The molecule has 1 aliphatic rings. The molecule has 3 rings (SSSR count). The average molecular weight is 350 g/mol. The molecule has 26 heavy (non-hydrogen) atoms. The van der Waals surface area contributed by atoms with Crippen molar-refractivity contribution in [2.45, 2.75) is 26.7 Å². The number of ether oxygens (including phenoxy) is 1. The maximum atomic E-state index is 12.5. The summed E-state index contributed by atoms with van der Waals surface area (Å²) in [6.45, 7) is 3.79. The number of methoxy groups -OCH3 is 1. The van der Waals surface area contributed by atoms with Gasteiger partial charge in [0, 0.05) is 34.6 Å². The van der Waals surface area contributed by atoms with E-state index >= 15 is 0 Å². The molecule has 134 valence electrons. The summed E-state index contributed by atoms with van der Waals surface area (Å²) in [5, 5.41) is 6.20. The molecular formula is C21H22N2O3. The fourth-order valence-corrected chi connectivity index (χ4v) is 2.92. The lowest BCUT2D eigenvalue weighted by atomic mass is 10.1. The molecule has 0 aromatic heterocycles. The van der Waals surface area contributed by atoms with Crippen molar-refractivity contribution < 1.29 is 14.3 Å². The number of hydrogen-bond acceptors (Lipinski definition) is 4. The Labute approximate surface area is 153 Å². The van der Waals surface area contributed by atoms with E-state index in [1.165, 1.54) is 0 Å². The normalized spacial score (nSPS) is 13.7. The van der Waals surface area contributed by atoms with Crippen molar-refractivity contribution in [2.75, 3.05) is 17.7 Å². The summed E-state index contributed by atoms with van der Waals surface area (Å²) in [6, 6.07) is 12.7. The molecule has 1 aliphatic carbocycles. The number of ketones is 1. The van der Waals surface area contributed by atoms with E-state index in [0.29, 0.717) is 17.7 Å².